The zero-order valence-corrected chi connectivity index (χ0v) is 6.05. The molecule has 0 bridgehead atoms. The molecule has 0 unspecified atom stereocenters. The second kappa shape index (κ2) is 3.56. The average Bonchev–Trinajstić information content (AvgIpc) is 2.38. The molecule has 3 heteroatoms. The molecule has 58 valence electrons. The van der Waals surface area contributed by atoms with Gasteiger partial charge in [-0.3, -0.25) is 4.79 Å². The Labute approximate surface area is 60.6 Å². The smallest absolute Gasteiger partial charge is 0.224 e. The van der Waals surface area contributed by atoms with Gasteiger partial charge in [0.05, 0.1) is 6.61 Å². The Morgan fingerprint density at radius 2 is 2.00 bits per heavy atom. The van der Waals surface area contributed by atoms with Crippen LogP contribution in [0.4, 0.5) is 0 Å². The van der Waals surface area contributed by atoms with Crippen LogP contribution in [0.5, 0.6) is 0 Å². The van der Waals surface area contributed by atoms with Crippen LogP contribution in [0.15, 0.2) is 0 Å². The number of amides is 1. The third-order valence-corrected chi connectivity index (χ3v) is 1.78. The molecule has 1 saturated heterocycles. The van der Waals surface area contributed by atoms with E-state index in [1.165, 1.54) is 0 Å². The van der Waals surface area contributed by atoms with Crippen molar-refractivity contribution in [2.45, 2.75) is 19.3 Å². The van der Waals surface area contributed by atoms with Gasteiger partial charge in [-0.2, -0.15) is 0 Å². The number of carbonyl (C=O) groups is 1. The van der Waals surface area contributed by atoms with Crippen LogP contribution in [-0.4, -0.2) is 35.6 Å². The summed E-state index contributed by atoms with van der Waals surface area (Å²) in [5, 5.41) is 8.45. The monoisotopic (exact) mass is 143 g/mol. The minimum absolute atomic E-state index is 0.0185. The summed E-state index contributed by atoms with van der Waals surface area (Å²) in [5.41, 5.74) is 0. The van der Waals surface area contributed by atoms with Crippen LogP contribution >= 0.6 is 0 Å². The van der Waals surface area contributed by atoms with E-state index in [2.05, 4.69) is 0 Å². The lowest BCUT2D eigenvalue weighted by Crippen LogP contribution is -2.27. The van der Waals surface area contributed by atoms with E-state index in [1.54, 1.807) is 0 Å². The number of nitrogens with zero attached hydrogens (tertiary/aromatic N) is 1. The van der Waals surface area contributed by atoms with E-state index in [0.29, 0.717) is 6.42 Å². The van der Waals surface area contributed by atoms with E-state index in [0.717, 1.165) is 25.9 Å². The fourth-order valence-electron chi connectivity index (χ4n) is 1.22. The van der Waals surface area contributed by atoms with Crippen molar-refractivity contribution in [3.8, 4) is 0 Å². The summed E-state index contributed by atoms with van der Waals surface area (Å²) in [6.07, 6.45) is 2.54. The molecular formula is C7H13NO2. The molecule has 0 radical (unpaired) electrons. The number of aliphatic hydroxyl groups excluding tert-OH is 1. The van der Waals surface area contributed by atoms with Gasteiger partial charge in [0.1, 0.15) is 0 Å². The average molecular weight is 143 g/mol. The van der Waals surface area contributed by atoms with E-state index < -0.39 is 0 Å². The molecule has 0 aliphatic carbocycles. The summed E-state index contributed by atoms with van der Waals surface area (Å²) in [7, 11) is 0. The molecule has 10 heavy (non-hydrogen) atoms. The molecule has 1 rings (SSSR count). The van der Waals surface area contributed by atoms with E-state index in [-0.39, 0.29) is 12.5 Å². The predicted octanol–water partition coefficient (Wildman–Crippen LogP) is -0.00880. The minimum atomic E-state index is -0.0185. The van der Waals surface area contributed by atoms with Gasteiger partial charge in [-0.05, 0) is 12.8 Å². The van der Waals surface area contributed by atoms with Crippen LogP contribution in [0.1, 0.15) is 19.3 Å². The molecule has 3 nitrogen and oxygen atoms in total. The van der Waals surface area contributed by atoms with Crippen LogP contribution in [-0.2, 0) is 4.79 Å². The number of hydrogen-bond donors (Lipinski definition) is 1. The summed E-state index contributed by atoms with van der Waals surface area (Å²) in [5.74, 6) is 0.0972. The predicted molar refractivity (Wildman–Crippen MR) is 37.5 cm³/mol. The maximum absolute atomic E-state index is 11.0. The molecular weight excluding hydrogens is 130 g/mol. The lowest BCUT2D eigenvalue weighted by Gasteiger charge is -2.13. The van der Waals surface area contributed by atoms with E-state index >= 15 is 0 Å². The number of likely N-dealkylation sites (tertiary alicyclic amines) is 1. The van der Waals surface area contributed by atoms with Crippen molar-refractivity contribution < 1.29 is 9.90 Å². The van der Waals surface area contributed by atoms with Crippen LogP contribution in [0.3, 0.4) is 0 Å². The van der Waals surface area contributed by atoms with Gasteiger partial charge in [-0.1, -0.05) is 0 Å². The SMILES string of the molecule is O=C(CCO)N1CCCC1. The Kier molecular flexibility index (Phi) is 2.68. The second-order valence-electron chi connectivity index (χ2n) is 2.56. The molecule has 0 aromatic rings. The van der Waals surface area contributed by atoms with Crippen molar-refractivity contribution in [2.24, 2.45) is 0 Å². The van der Waals surface area contributed by atoms with Crippen molar-refractivity contribution in [1.29, 1.82) is 0 Å². The first kappa shape index (κ1) is 7.54. The topological polar surface area (TPSA) is 40.5 Å². The van der Waals surface area contributed by atoms with Gasteiger partial charge in [0, 0.05) is 19.5 Å². The highest BCUT2D eigenvalue weighted by Crippen LogP contribution is 2.08. The Morgan fingerprint density at radius 1 is 1.40 bits per heavy atom. The first-order chi connectivity index (χ1) is 4.84. The lowest BCUT2D eigenvalue weighted by molar-refractivity contribution is -0.130. The first-order valence-electron chi connectivity index (χ1n) is 3.73. The number of aliphatic hydroxyl groups is 1. The summed E-state index contributed by atoms with van der Waals surface area (Å²) in [4.78, 5) is 12.8. The molecule has 0 spiro atoms. The normalized spacial score (nSPS) is 17.9. The largest absolute Gasteiger partial charge is 0.396 e. The molecule has 0 saturated carbocycles. The molecule has 1 N–H and O–H groups in total. The number of rotatable bonds is 2. The third kappa shape index (κ3) is 1.70. The highest BCUT2D eigenvalue weighted by Gasteiger charge is 2.16. The number of carbonyl (C=O) groups excluding carboxylic acids is 1. The highest BCUT2D eigenvalue weighted by atomic mass is 16.3. The second-order valence-corrected chi connectivity index (χ2v) is 2.56. The van der Waals surface area contributed by atoms with Gasteiger partial charge in [0.15, 0.2) is 0 Å². The first-order valence-corrected chi connectivity index (χ1v) is 3.73. The molecule has 0 aromatic heterocycles. The summed E-state index contributed by atoms with van der Waals surface area (Å²) < 4.78 is 0. The Morgan fingerprint density at radius 3 is 2.50 bits per heavy atom. The highest BCUT2D eigenvalue weighted by molar-refractivity contribution is 5.76. The van der Waals surface area contributed by atoms with Gasteiger partial charge in [-0.15, -0.1) is 0 Å². The van der Waals surface area contributed by atoms with Gasteiger partial charge in [-0.25, -0.2) is 0 Å². The summed E-state index contributed by atoms with van der Waals surface area (Å²) in [6.45, 7) is 1.76. The molecule has 0 aromatic carbocycles. The van der Waals surface area contributed by atoms with Crippen molar-refractivity contribution in [3.05, 3.63) is 0 Å². The quantitative estimate of drug-likeness (QED) is 0.590. The maximum Gasteiger partial charge on any atom is 0.224 e. The molecule has 1 aliphatic rings. The molecule has 1 heterocycles. The number of hydrogen-bond acceptors (Lipinski definition) is 2. The Hall–Kier alpha value is -0.570. The van der Waals surface area contributed by atoms with Gasteiger partial charge >= 0.3 is 0 Å². The van der Waals surface area contributed by atoms with Crippen LogP contribution < -0.4 is 0 Å². The van der Waals surface area contributed by atoms with E-state index in [9.17, 15) is 4.79 Å². The Bertz CT molecular complexity index is 119. The molecule has 0 atom stereocenters. The fraction of sp³-hybridized carbons (Fsp3) is 0.857. The van der Waals surface area contributed by atoms with Gasteiger partial charge < -0.3 is 10.0 Å². The van der Waals surface area contributed by atoms with Crippen LogP contribution in [0.2, 0.25) is 0 Å². The molecule has 1 aliphatic heterocycles. The molecule has 1 amide bonds. The summed E-state index contributed by atoms with van der Waals surface area (Å²) >= 11 is 0. The van der Waals surface area contributed by atoms with Crippen molar-refractivity contribution >= 4 is 5.91 Å². The zero-order chi connectivity index (χ0) is 7.40. The minimum Gasteiger partial charge on any atom is -0.396 e. The van der Waals surface area contributed by atoms with Crippen LogP contribution in [0, 0.1) is 0 Å². The Balaban J connectivity index is 2.25. The molecule has 1 fully saturated rings. The van der Waals surface area contributed by atoms with E-state index in [4.69, 9.17) is 5.11 Å². The lowest BCUT2D eigenvalue weighted by atomic mass is 10.4. The fourth-order valence-corrected chi connectivity index (χ4v) is 1.22. The summed E-state index contributed by atoms with van der Waals surface area (Å²) in [6, 6.07) is 0. The van der Waals surface area contributed by atoms with Gasteiger partial charge in [0.25, 0.3) is 0 Å². The van der Waals surface area contributed by atoms with Crippen LogP contribution in [0.25, 0.3) is 0 Å². The van der Waals surface area contributed by atoms with Gasteiger partial charge in [0.2, 0.25) is 5.91 Å². The van der Waals surface area contributed by atoms with Crippen molar-refractivity contribution in [2.75, 3.05) is 19.7 Å². The maximum atomic E-state index is 11.0. The van der Waals surface area contributed by atoms with Crippen molar-refractivity contribution in [1.82, 2.24) is 4.90 Å². The third-order valence-electron chi connectivity index (χ3n) is 1.78. The standard InChI is InChI=1S/C7H13NO2/c9-6-3-7(10)8-4-1-2-5-8/h9H,1-6H2. The van der Waals surface area contributed by atoms with Crippen molar-refractivity contribution in [3.63, 3.8) is 0 Å². The zero-order valence-electron chi connectivity index (χ0n) is 6.05. The van der Waals surface area contributed by atoms with E-state index in [1.807, 2.05) is 4.90 Å².